The Labute approximate surface area is 138 Å². The Morgan fingerprint density at radius 1 is 1.13 bits per heavy atom. The molecule has 2 saturated carbocycles. The highest BCUT2D eigenvalue weighted by Crippen LogP contribution is 2.29. The summed E-state index contributed by atoms with van der Waals surface area (Å²) in [7, 11) is 0. The van der Waals surface area contributed by atoms with E-state index in [1.165, 1.54) is 0 Å². The van der Waals surface area contributed by atoms with Crippen LogP contribution in [0.2, 0.25) is 0 Å². The van der Waals surface area contributed by atoms with Crippen molar-refractivity contribution in [2.45, 2.75) is 64.6 Å². The highest BCUT2D eigenvalue weighted by atomic mass is 16.2. The van der Waals surface area contributed by atoms with Crippen LogP contribution in [-0.4, -0.2) is 28.8 Å². The van der Waals surface area contributed by atoms with E-state index in [2.05, 4.69) is 19.2 Å². The van der Waals surface area contributed by atoms with Crippen LogP contribution in [0.15, 0.2) is 24.3 Å². The summed E-state index contributed by atoms with van der Waals surface area (Å²) in [5.41, 5.74) is 1.80. The van der Waals surface area contributed by atoms with Crippen molar-refractivity contribution in [1.82, 2.24) is 10.2 Å². The summed E-state index contributed by atoms with van der Waals surface area (Å²) in [5.74, 6) is 0.643. The molecule has 0 spiro atoms. The van der Waals surface area contributed by atoms with Gasteiger partial charge in [-0.15, -0.1) is 0 Å². The average molecular weight is 314 g/mol. The smallest absolute Gasteiger partial charge is 0.251 e. The van der Waals surface area contributed by atoms with E-state index in [-0.39, 0.29) is 11.8 Å². The maximum Gasteiger partial charge on any atom is 0.251 e. The van der Waals surface area contributed by atoms with Crippen LogP contribution in [0.4, 0.5) is 0 Å². The summed E-state index contributed by atoms with van der Waals surface area (Å²) < 4.78 is 0. The number of nitrogens with zero attached hydrogens (tertiary/aromatic N) is 1. The molecule has 3 rings (SSSR count). The third-order valence-electron chi connectivity index (χ3n) is 4.37. The van der Waals surface area contributed by atoms with E-state index in [1.807, 2.05) is 29.2 Å². The van der Waals surface area contributed by atoms with Crippen LogP contribution in [0.5, 0.6) is 0 Å². The Bertz CT molecular complexity index is 572. The predicted molar refractivity (Wildman–Crippen MR) is 90.0 cm³/mol. The topological polar surface area (TPSA) is 49.4 Å². The highest BCUT2D eigenvalue weighted by Gasteiger charge is 2.32. The molecular weight excluding hydrogens is 288 g/mol. The van der Waals surface area contributed by atoms with Crippen LogP contribution in [0.1, 0.15) is 61.9 Å². The maximum absolute atomic E-state index is 12.4. The Kier molecular flexibility index (Phi) is 4.69. The summed E-state index contributed by atoms with van der Waals surface area (Å²) in [4.78, 5) is 26.4. The van der Waals surface area contributed by atoms with E-state index in [4.69, 9.17) is 0 Å². The lowest BCUT2D eigenvalue weighted by Crippen LogP contribution is -2.33. The number of hydrogen-bond acceptors (Lipinski definition) is 2. The number of benzene rings is 1. The van der Waals surface area contributed by atoms with Crippen LogP contribution < -0.4 is 5.32 Å². The second kappa shape index (κ2) is 6.73. The van der Waals surface area contributed by atoms with Gasteiger partial charge in [0, 0.05) is 30.6 Å². The molecule has 0 aliphatic heterocycles. The number of nitrogens with one attached hydrogen (secondary N) is 1. The zero-order chi connectivity index (χ0) is 16.4. The van der Waals surface area contributed by atoms with Gasteiger partial charge in [0.2, 0.25) is 5.91 Å². The number of carbonyl (C=O) groups excluding carboxylic acids is 2. The van der Waals surface area contributed by atoms with Gasteiger partial charge in [0.05, 0.1) is 0 Å². The number of carbonyl (C=O) groups is 2. The molecule has 2 amide bonds. The molecule has 1 aromatic rings. The summed E-state index contributed by atoms with van der Waals surface area (Å²) >= 11 is 0. The lowest BCUT2D eigenvalue weighted by atomic mass is 10.1. The second-order valence-corrected chi connectivity index (χ2v) is 7.30. The fourth-order valence-corrected chi connectivity index (χ4v) is 2.73. The van der Waals surface area contributed by atoms with Crippen molar-refractivity contribution in [2.24, 2.45) is 5.92 Å². The molecule has 2 aliphatic rings. The Morgan fingerprint density at radius 3 is 2.30 bits per heavy atom. The van der Waals surface area contributed by atoms with Gasteiger partial charge in [-0.1, -0.05) is 26.0 Å². The normalized spacial score (nSPS) is 17.2. The van der Waals surface area contributed by atoms with Crippen molar-refractivity contribution in [3.05, 3.63) is 35.4 Å². The summed E-state index contributed by atoms with van der Waals surface area (Å²) in [6.07, 6.45) is 5.03. The van der Waals surface area contributed by atoms with Crippen LogP contribution in [0, 0.1) is 5.92 Å². The first-order valence-corrected chi connectivity index (χ1v) is 8.72. The minimum absolute atomic E-state index is 0.00832. The molecule has 0 atom stereocenters. The molecule has 0 heterocycles. The Hall–Kier alpha value is -1.84. The molecule has 1 N–H and O–H groups in total. The number of amides is 2. The zero-order valence-electron chi connectivity index (χ0n) is 14.0. The first-order valence-electron chi connectivity index (χ1n) is 8.72. The molecule has 4 heteroatoms. The molecule has 0 bridgehead atoms. The molecular formula is C19H26N2O2. The fraction of sp³-hybridized carbons (Fsp3) is 0.579. The van der Waals surface area contributed by atoms with E-state index in [9.17, 15) is 9.59 Å². The first-order chi connectivity index (χ1) is 11.0. The SMILES string of the molecule is CC(C)CC(=O)N(Cc1ccc(C(=O)NC2CC2)cc1)C1CC1. The van der Waals surface area contributed by atoms with Crippen LogP contribution in [-0.2, 0) is 11.3 Å². The first kappa shape index (κ1) is 16.0. The van der Waals surface area contributed by atoms with Crippen molar-refractivity contribution >= 4 is 11.8 Å². The molecule has 124 valence electrons. The van der Waals surface area contributed by atoms with Gasteiger partial charge in [0.15, 0.2) is 0 Å². The summed E-state index contributed by atoms with van der Waals surface area (Å²) in [5, 5.41) is 2.99. The number of hydrogen-bond donors (Lipinski definition) is 1. The molecule has 2 aliphatic carbocycles. The van der Waals surface area contributed by atoms with E-state index in [0.29, 0.717) is 36.5 Å². The third-order valence-corrected chi connectivity index (χ3v) is 4.37. The molecule has 0 aromatic heterocycles. The molecule has 1 aromatic carbocycles. The van der Waals surface area contributed by atoms with Gasteiger partial charge >= 0.3 is 0 Å². The van der Waals surface area contributed by atoms with Gasteiger partial charge in [0.1, 0.15) is 0 Å². The lowest BCUT2D eigenvalue weighted by molar-refractivity contribution is -0.133. The van der Waals surface area contributed by atoms with Crippen molar-refractivity contribution < 1.29 is 9.59 Å². The minimum atomic E-state index is 0.00832. The standard InChI is InChI=1S/C19H26N2O2/c1-13(2)11-18(22)21(17-9-10-17)12-14-3-5-15(6-4-14)19(23)20-16-7-8-16/h3-6,13,16-17H,7-12H2,1-2H3,(H,20,23). The van der Waals surface area contributed by atoms with E-state index in [1.54, 1.807) is 0 Å². The second-order valence-electron chi connectivity index (χ2n) is 7.30. The van der Waals surface area contributed by atoms with Gasteiger partial charge < -0.3 is 10.2 Å². The molecule has 0 radical (unpaired) electrons. The zero-order valence-corrected chi connectivity index (χ0v) is 14.0. The highest BCUT2D eigenvalue weighted by molar-refractivity contribution is 5.94. The molecule has 0 saturated heterocycles. The number of rotatable bonds is 7. The molecule has 0 unspecified atom stereocenters. The van der Waals surface area contributed by atoms with E-state index >= 15 is 0 Å². The monoisotopic (exact) mass is 314 g/mol. The Balaban J connectivity index is 1.61. The van der Waals surface area contributed by atoms with E-state index < -0.39 is 0 Å². The molecule has 2 fully saturated rings. The van der Waals surface area contributed by atoms with Crippen LogP contribution in [0.25, 0.3) is 0 Å². The average Bonchev–Trinajstić information content (AvgIpc) is 3.38. The van der Waals surface area contributed by atoms with Crippen LogP contribution >= 0.6 is 0 Å². The Morgan fingerprint density at radius 2 is 1.78 bits per heavy atom. The van der Waals surface area contributed by atoms with Crippen molar-refractivity contribution in [3.63, 3.8) is 0 Å². The molecule has 4 nitrogen and oxygen atoms in total. The third kappa shape index (κ3) is 4.57. The van der Waals surface area contributed by atoms with Crippen molar-refractivity contribution in [3.8, 4) is 0 Å². The van der Waals surface area contributed by atoms with Crippen molar-refractivity contribution in [2.75, 3.05) is 0 Å². The predicted octanol–water partition coefficient (Wildman–Crippen LogP) is 3.12. The van der Waals surface area contributed by atoms with Crippen molar-refractivity contribution in [1.29, 1.82) is 0 Å². The van der Waals surface area contributed by atoms with Gasteiger partial charge in [-0.25, -0.2) is 0 Å². The van der Waals surface area contributed by atoms with Gasteiger partial charge in [-0.3, -0.25) is 9.59 Å². The summed E-state index contributed by atoms with van der Waals surface area (Å²) in [6, 6.07) is 8.47. The summed E-state index contributed by atoms with van der Waals surface area (Å²) in [6.45, 7) is 4.81. The van der Waals surface area contributed by atoms with Gasteiger partial charge in [-0.2, -0.15) is 0 Å². The van der Waals surface area contributed by atoms with E-state index in [0.717, 1.165) is 31.2 Å². The van der Waals surface area contributed by atoms with Crippen LogP contribution in [0.3, 0.4) is 0 Å². The maximum atomic E-state index is 12.4. The minimum Gasteiger partial charge on any atom is -0.349 e. The largest absolute Gasteiger partial charge is 0.349 e. The van der Waals surface area contributed by atoms with Gasteiger partial charge in [0.25, 0.3) is 5.91 Å². The quantitative estimate of drug-likeness (QED) is 0.840. The van der Waals surface area contributed by atoms with Gasteiger partial charge in [-0.05, 0) is 49.3 Å². The lowest BCUT2D eigenvalue weighted by Gasteiger charge is -2.23. The fourth-order valence-electron chi connectivity index (χ4n) is 2.73. The molecule has 23 heavy (non-hydrogen) atoms.